The van der Waals surface area contributed by atoms with Gasteiger partial charge in [0, 0.05) is 25.0 Å². The Balaban J connectivity index is 1.45. The lowest BCUT2D eigenvalue weighted by Crippen LogP contribution is -2.24. The molecule has 0 aliphatic heterocycles. The van der Waals surface area contributed by atoms with Gasteiger partial charge in [0.25, 0.3) is 5.91 Å². The number of nitrogens with one attached hydrogen (secondary N) is 2. The van der Waals surface area contributed by atoms with Crippen molar-refractivity contribution in [1.82, 2.24) is 20.3 Å². The molecule has 0 aliphatic rings. The fraction of sp³-hybridized carbons (Fsp3) is 0.200. The van der Waals surface area contributed by atoms with Crippen LogP contribution >= 0.6 is 0 Å². The molecule has 8 heteroatoms. The molecule has 2 aromatic heterocycles. The number of pyridine rings is 1. The maximum absolute atomic E-state index is 12.3. The monoisotopic (exact) mass is 379 g/mol. The second kappa shape index (κ2) is 9.86. The molecule has 1 amide bonds. The number of methoxy groups -OCH3 is 1. The van der Waals surface area contributed by atoms with E-state index in [2.05, 4.69) is 25.6 Å². The van der Waals surface area contributed by atoms with Gasteiger partial charge in [0.15, 0.2) is 0 Å². The van der Waals surface area contributed by atoms with Crippen molar-refractivity contribution in [2.75, 3.05) is 25.6 Å². The van der Waals surface area contributed by atoms with Crippen LogP contribution in [0.25, 0.3) is 0 Å². The Morgan fingerprint density at radius 3 is 2.54 bits per heavy atom. The summed E-state index contributed by atoms with van der Waals surface area (Å²) in [4.78, 5) is 24.4. The van der Waals surface area contributed by atoms with E-state index in [0.29, 0.717) is 31.2 Å². The minimum Gasteiger partial charge on any atom is -0.497 e. The first-order valence-corrected chi connectivity index (χ1v) is 8.74. The Morgan fingerprint density at radius 1 is 1.04 bits per heavy atom. The Morgan fingerprint density at radius 2 is 1.79 bits per heavy atom. The third-order valence-electron chi connectivity index (χ3n) is 3.84. The first-order valence-electron chi connectivity index (χ1n) is 8.74. The molecule has 0 bridgehead atoms. The number of rotatable bonds is 9. The molecule has 2 N–H and O–H groups in total. The van der Waals surface area contributed by atoms with E-state index in [-0.39, 0.29) is 5.91 Å². The second-order valence-corrected chi connectivity index (χ2v) is 5.78. The zero-order valence-electron chi connectivity index (χ0n) is 15.5. The van der Waals surface area contributed by atoms with Crippen molar-refractivity contribution < 1.29 is 14.3 Å². The summed E-state index contributed by atoms with van der Waals surface area (Å²) in [7, 11) is 1.62. The highest BCUT2D eigenvalue weighted by atomic mass is 16.5. The summed E-state index contributed by atoms with van der Waals surface area (Å²) in [6, 6.07) is 12.7. The molecule has 2 heterocycles. The molecule has 0 aliphatic carbocycles. The van der Waals surface area contributed by atoms with E-state index in [0.717, 1.165) is 17.1 Å². The summed E-state index contributed by atoms with van der Waals surface area (Å²) in [5, 5.41) is 5.94. The van der Waals surface area contributed by atoms with Gasteiger partial charge in [0.2, 0.25) is 0 Å². The molecular formula is C20H21N5O3. The lowest BCUT2D eigenvalue weighted by atomic mass is 10.2. The van der Waals surface area contributed by atoms with E-state index in [9.17, 15) is 4.79 Å². The topological polar surface area (TPSA) is 98.3 Å². The molecule has 0 atom stereocenters. The number of hydrogen-bond acceptors (Lipinski definition) is 7. The maximum Gasteiger partial charge on any atom is 0.270 e. The molecule has 0 radical (unpaired) electrons. The van der Waals surface area contributed by atoms with Crippen molar-refractivity contribution in [2.45, 2.75) is 6.54 Å². The SMILES string of the molecule is COc1ccc(OCCNc2cc(C(=O)NCc3ccncc3)ncn2)cc1. The summed E-state index contributed by atoms with van der Waals surface area (Å²) in [6.07, 6.45) is 4.72. The predicted octanol–water partition coefficient (Wildman–Crippen LogP) is 2.30. The molecule has 3 aromatic rings. The van der Waals surface area contributed by atoms with Gasteiger partial charge >= 0.3 is 0 Å². The van der Waals surface area contributed by atoms with Crippen LogP contribution in [0.4, 0.5) is 5.82 Å². The number of ether oxygens (including phenoxy) is 2. The molecule has 0 spiro atoms. The van der Waals surface area contributed by atoms with Crippen molar-refractivity contribution in [3.05, 3.63) is 72.4 Å². The summed E-state index contributed by atoms with van der Waals surface area (Å²) >= 11 is 0. The highest BCUT2D eigenvalue weighted by Crippen LogP contribution is 2.16. The number of aromatic nitrogens is 3. The molecule has 8 nitrogen and oxygen atoms in total. The standard InChI is InChI=1S/C20H21N5O3/c1-27-16-2-4-17(5-3-16)28-11-10-22-19-12-18(24-14-25-19)20(26)23-13-15-6-8-21-9-7-15/h2-9,12,14H,10-11,13H2,1H3,(H,23,26)(H,22,24,25). The number of anilines is 1. The van der Waals surface area contributed by atoms with Crippen LogP contribution in [0.1, 0.15) is 16.1 Å². The smallest absolute Gasteiger partial charge is 0.270 e. The highest BCUT2D eigenvalue weighted by molar-refractivity contribution is 5.92. The van der Waals surface area contributed by atoms with Crippen molar-refractivity contribution in [3.8, 4) is 11.5 Å². The largest absolute Gasteiger partial charge is 0.497 e. The van der Waals surface area contributed by atoms with Crippen LogP contribution in [0, 0.1) is 0 Å². The van der Waals surface area contributed by atoms with Crippen LogP contribution in [0.3, 0.4) is 0 Å². The van der Waals surface area contributed by atoms with Crippen molar-refractivity contribution >= 4 is 11.7 Å². The Kier molecular flexibility index (Phi) is 6.73. The quantitative estimate of drug-likeness (QED) is 0.551. The molecule has 1 aromatic carbocycles. The number of carbonyl (C=O) groups is 1. The number of benzene rings is 1. The van der Waals surface area contributed by atoms with Gasteiger partial charge in [-0.3, -0.25) is 9.78 Å². The fourth-order valence-corrected chi connectivity index (χ4v) is 2.37. The average Bonchev–Trinajstić information content (AvgIpc) is 2.76. The van der Waals surface area contributed by atoms with Gasteiger partial charge in [-0.25, -0.2) is 9.97 Å². The third kappa shape index (κ3) is 5.66. The maximum atomic E-state index is 12.3. The van der Waals surface area contributed by atoms with Crippen LogP contribution < -0.4 is 20.1 Å². The summed E-state index contributed by atoms with van der Waals surface area (Å²) in [5.74, 6) is 1.82. The fourth-order valence-electron chi connectivity index (χ4n) is 2.37. The summed E-state index contributed by atoms with van der Waals surface area (Å²) < 4.78 is 10.8. The number of carbonyl (C=O) groups excluding carboxylic acids is 1. The lowest BCUT2D eigenvalue weighted by molar-refractivity contribution is 0.0946. The number of hydrogen-bond donors (Lipinski definition) is 2. The van der Waals surface area contributed by atoms with Crippen LogP contribution in [0.15, 0.2) is 61.2 Å². The average molecular weight is 379 g/mol. The van der Waals surface area contributed by atoms with E-state index in [4.69, 9.17) is 9.47 Å². The van der Waals surface area contributed by atoms with E-state index >= 15 is 0 Å². The molecular weight excluding hydrogens is 358 g/mol. The highest BCUT2D eigenvalue weighted by Gasteiger charge is 2.08. The van der Waals surface area contributed by atoms with Gasteiger partial charge in [0.1, 0.15) is 35.9 Å². The van der Waals surface area contributed by atoms with Gasteiger partial charge in [0.05, 0.1) is 13.7 Å². The number of amides is 1. The van der Waals surface area contributed by atoms with Gasteiger partial charge < -0.3 is 20.1 Å². The van der Waals surface area contributed by atoms with Crippen molar-refractivity contribution in [1.29, 1.82) is 0 Å². The zero-order valence-corrected chi connectivity index (χ0v) is 15.5. The van der Waals surface area contributed by atoms with E-state index in [1.807, 2.05) is 36.4 Å². The lowest BCUT2D eigenvalue weighted by Gasteiger charge is -2.09. The normalized spacial score (nSPS) is 10.2. The van der Waals surface area contributed by atoms with Crippen LogP contribution in [0.5, 0.6) is 11.5 Å². The van der Waals surface area contributed by atoms with Crippen LogP contribution in [0.2, 0.25) is 0 Å². The van der Waals surface area contributed by atoms with E-state index in [1.165, 1.54) is 6.33 Å². The van der Waals surface area contributed by atoms with Crippen molar-refractivity contribution in [2.24, 2.45) is 0 Å². The van der Waals surface area contributed by atoms with Gasteiger partial charge in [-0.1, -0.05) is 0 Å². The Hall–Kier alpha value is -3.68. The van der Waals surface area contributed by atoms with Gasteiger partial charge in [-0.2, -0.15) is 0 Å². The molecule has 3 rings (SSSR count). The molecule has 0 saturated heterocycles. The first-order chi connectivity index (χ1) is 13.7. The molecule has 28 heavy (non-hydrogen) atoms. The van der Waals surface area contributed by atoms with Crippen molar-refractivity contribution in [3.63, 3.8) is 0 Å². The van der Waals surface area contributed by atoms with Gasteiger partial charge in [-0.15, -0.1) is 0 Å². The van der Waals surface area contributed by atoms with E-state index < -0.39 is 0 Å². The minimum absolute atomic E-state index is 0.267. The summed E-state index contributed by atoms with van der Waals surface area (Å²) in [5.41, 5.74) is 1.26. The molecule has 0 fully saturated rings. The van der Waals surface area contributed by atoms with Crippen LogP contribution in [-0.4, -0.2) is 41.1 Å². The molecule has 144 valence electrons. The van der Waals surface area contributed by atoms with E-state index in [1.54, 1.807) is 25.6 Å². The Bertz CT molecular complexity index is 888. The zero-order chi connectivity index (χ0) is 19.6. The van der Waals surface area contributed by atoms with Gasteiger partial charge in [-0.05, 0) is 42.0 Å². The predicted molar refractivity (Wildman–Crippen MR) is 104 cm³/mol. The third-order valence-corrected chi connectivity index (χ3v) is 3.84. The first kappa shape index (κ1) is 19.1. The molecule has 0 unspecified atom stereocenters. The number of nitrogens with zero attached hydrogens (tertiary/aromatic N) is 3. The minimum atomic E-state index is -0.267. The Labute approximate surface area is 163 Å². The molecule has 0 saturated carbocycles. The second-order valence-electron chi connectivity index (χ2n) is 5.78. The van der Waals surface area contributed by atoms with Crippen LogP contribution in [-0.2, 0) is 6.54 Å². The summed E-state index contributed by atoms with van der Waals surface area (Å²) in [6.45, 7) is 1.38.